The van der Waals surface area contributed by atoms with Gasteiger partial charge < -0.3 is 0 Å². The predicted molar refractivity (Wildman–Crippen MR) is 51.7 cm³/mol. The Kier molecular flexibility index (Phi) is 7.72. The molecular weight excluding hydrogens is 140 g/mol. The van der Waals surface area contributed by atoms with Gasteiger partial charge in [0, 0.05) is 0 Å². The molecule has 0 unspecified atom stereocenters. The smallest absolute Gasteiger partial charge is 0.00703 e. The minimum absolute atomic E-state index is 0.897. The molecule has 0 fully saturated rings. The lowest BCUT2D eigenvalue weighted by atomic mass is 10.1. The van der Waals surface area contributed by atoms with E-state index in [1.807, 2.05) is 11.8 Å². The second-order valence-electron chi connectivity index (χ2n) is 3.24. The molecule has 0 heterocycles. The third kappa shape index (κ3) is 8.35. The van der Waals surface area contributed by atoms with E-state index in [2.05, 4.69) is 20.1 Å². The second kappa shape index (κ2) is 7.46. The molecule has 0 aliphatic rings. The van der Waals surface area contributed by atoms with Gasteiger partial charge in [-0.15, -0.1) is 0 Å². The Morgan fingerprint density at radius 1 is 1.10 bits per heavy atom. The zero-order valence-corrected chi connectivity index (χ0v) is 8.34. The molecule has 0 aromatic carbocycles. The first-order chi connectivity index (χ1) is 4.77. The maximum Gasteiger partial charge on any atom is -0.00703 e. The van der Waals surface area contributed by atoms with Gasteiger partial charge in [-0.2, -0.15) is 11.8 Å². The van der Waals surface area contributed by atoms with E-state index >= 15 is 0 Å². The summed E-state index contributed by atoms with van der Waals surface area (Å²) in [6, 6.07) is 0. The van der Waals surface area contributed by atoms with E-state index in [4.69, 9.17) is 0 Å². The molecule has 0 saturated heterocycles. The molecule has 0 N–H and O–H groups in total. The van der Waals surface area contributed by atoms with E-state index in [1.54, 1.807) is 0 Å². The lowest BCUT2D eigenvalue weighted by Gasteiger charge is -2.02. The Bertz CT molecular complexity index is 59.7. The fraction of sp³-hybridized carbons (Fsp3) is 1.00. The van der Waals surface area contributed by atoms with Crippen LogP contribution in [0, 0.1) is 5.92 Å². The van der Waals surface area contributed by atoms with Crippen LogP contribution < -0.4 is 0 Å². The number of thioether (sulfide) groups is 1. The molecule has 1 heteroatoms. The fourth-order valence-corrected chi connectivity index (χ4v) is 1.47. The van der Waals surface area contributed by atoms with Gasteiger partial charge in [-0.05, 0) is 24.3 Å². The fourth-order valence-electron chi connectivity index (χ4n) is 0.976. The Morgan fingerprint density at radius 2 is 1.80 bits per heavy atom. The maximum absolute atomic E-state index is 2.30. The van der Waals surface area contributed by atoms with Crippen LogP contribution >= 0.6 is 11.8 Å². The van der Waals surface area contributed by atoms with Crippen LogP contribution in [0.3, 0.4) is 0 Å². The normalized spacial score (nSPS) is 10.8. The Morgan fingerprint density at radius 3 is 2.30 bits per heavy atom. The van der Waals surface area contributed by atoms with Crippen molar-refractivity contribution >= 4 is 11.8 Å². The lowest BCUT2D eigenvalue weighted by Crippen LogP contribution is -1.87. The molecule has 0 nitrogen and oxygen atoms in total. The molecule has 0 bridgehead atoms. The van der Waals surface area contributed by atoms with Crippen LogP contribution in [-0.4, -0.2) is 12.0 Å². The molecule has 0 amide bonds. The summed E-state index contributed by atoms with van der Waals surface area (Å²) in [7, 11) is 0. The zero-order chi connectivity index (χ0) is 7.82. The van der Waals surface area contributed by atoms with Crippen molar-refractivity contribution in [3.05, 3.63) is 0 Å². The molecule has 0 saturated carbocycles. The second-order valence-corrected chi connectivity index (χ2v) is 4.22. The maximum atomic E-state index is 2.30. The van der Waals surface area contributed by atoms with Gasteiger partial charge in [-0.3, -0.25) is 0 Å². The van der Waals surface area contributed by atoms with Gasteiger partial charge in [0.25, 0.3) is 0 Å². The van der Waals surface area contributed by atoms with E-state index in [0.29, 0.717) is 0 Å². The summed E-state index contributed by atoms with van der Waals surface area (Å²) in [6.45, 7) is 4.60. The average molecular weight is 160 g/mol. The summed E-state index contributed by atoms with van der Waals surface area (Å²) in [6.07, 6.45) is 7.86. The van der Waals surface area contributed by atoms with Gasteiger partial charge in [-0.1, -0.05) is 33.1 Å². The van der Waals surface area contributed by atoms with E-state index in [1.165, 1.54) is 31.4 Å². The van der Waals surface area contributed by atoms with E-state index in [9.17, 15) is 0 Å². The van der Waals surface area contributed by atoms with Crippen molar-refractivity contribution in [3.8, 4) is 0 Å². The largest absolute Gasteiger partial charge is 0.165 e. The van der Waals surface area contributed by atoms with Crippen LogP contribution in [0.2, 0.25) is 0 Å². The standard InChI is InChI=1S/C9H20S/c1-9(2)7-5-4-6-8-10-3/h9H,4-8H2,1-3H3. The summed E-state index contributed by atoms with van der Waals surface area (Å²) >= 11 is 1.96. The van der Waals surface area contributed by atoms with Crippen molar-refractivity contribution in [1.29, 1.82) is 0 Å². The number of hydrogen-bond donors (Lipinski definition) is 0. The van der Waals surface area contributed by atoms with Crippen molar-refractivity contribution < 1.29 is 0 Å². The molecule has 0 aliphatic carbocycles. The Hall–Kier alpha value is 0.350. The van der Waals surface area contributed by atoms with Gasteiger partial charge in [-0.25, -0.2) is 0 Å². The van der Waals surface area contributed by atoms with Crippen molar-refractivity contribution in [2.45, 2.75) is 39.5 Å². The first-order valence-electron chi connectivity index (χ1n) is 4.26. The van der Waals surface area contributed by atoms with Gasteiger partial charge in [0.1, 0.15) is 0 Å². The van der Waals surface area contributed by atoms with Crippen LogP contribution in [0.25, 0.3) is 0 Å². The van der Waals surface area contributed by atoms with Crippen molar-refractivity contribution in [1.82, 2.24) is 0 Å². The number of unbranched alkanes of at least 4 members (excludes halogenated alkanes) is 2. The first kappa shape index (κ1) is 10.3. The quantitative estimate of drug-likeness (QED) is 0.535. The van der Waals surface area contributed by atoms with Crippen LogP contribution in [0.4, 0.5) is 0 Å². The average Bonchev–Trinajstić information content (AvgIpc) is 1.87. The third-order valence-electron chi connectivity index (χ3n) is 1.63. The summed E-state index contributed by atoms with van der Waals surface area (Å²) in [5, 5.41) is 0. The molecule has 10 heavy (non-hydrogen) atoms. The molecule has 0 aliphatic heterocycles. The highest BCUT2D eigenvalue weighted by atomic mass is 32.2. The molecular formula is C9H20S. The first-order valence-corrected chi connectivity index (χ1v) is 5.65. The number of hydrogen-bond acceptors (Lipinski definition) is 1. The van der Waals surface area contributed by atoms with Crippen molar-refractivity contribution in [2.24, 2.45) is 5.92 Å². The van der Waals surface area contributed by atoms with Crippen LogP contribution in [0.1, 0.15) is 39.5 Å². The SMILES string of the molecule is CSCCCCCC(C)C. The molecule has 0 radical (unpaired) electrons. The number of rotatable bonds is 6. The minimum atomic E-state index is 0.897. The highest BCUT2D eigenvalue weighted by Crippen LogP contribution is 2.09. The Balaban J connectivity index is 2.77. The van der Waals surface area contributed by atoms with Gasteiger partial charge in [0.05, 0.1) is 0 Å². The molecule has 62 valence electrons. The molecule has 0 spiro atoms. The highest BCUT2D eigenvalue weighted by molar-refractivity contribution is 7.98. The van der Waals surface area contributed by atoms with Crippen LogP contribution in [0.15, 0.2) is 0 Å². The lowest BCUT2D eigenvalue weighted by molar-refractivity contribution is 0.535. The van der Waals surface area contributed by atoms with Crippen LogP contribution in [0.5, 0.6) is 0 Å². The van der Waals surface area contributed by atoms with E-state index < -0.39 is 0 Å². The highest BCUT2D eigenvalue weighted by Gasteiger charge is 1.92. The third-order valence-corrected chi connectivity index (χ3v) is 2.33. The van der Waals surface area contributed by atoms with E-state index in [0.717, 1.165) is 5.92 Å². The Labute approximate surface area is 69.8 Å². The van der Waals surface area contributed by atoms with Gasteiger partial charge in [0.15, 0.2) is 0 Å². The van der Waals surface area contributed by atoms with Crippen molar-refractivity contribution in [2.75, 3.05) is 12.0 Å². The minimum Gasteiger partial charge on any atom is -0.165 e. The molecule has 0 rings (SSSR count). The summed E-state index contributed by atoms with van der Waals surface area (Å²) in [5.74, 6) is 2.24. The molecule has 0 aromatic heterocycles. The predicted octanol–water partition coefficient (Wildman–Crippen LogP) is 3.57. The zero-order valence-electron chi connectivity index (χ0n) is 7.52. The summed E-state index contributed by atoms with van der Waals surface area (Å²) in [4.78, 5) is 0. The summed E-state index contributed by atoms with van der Waals surface area (Å²) < 4.78 is 0. The van der Waals surface area contributed by atoms with Crippen LogP contribution in [-0.2, 0) is 0 Å². The summed E-state index contributed by atoms with van der Waals surface area (Å²) in [5.41, 5.74) is 0. The van der Waals surface area contributed by atoms with E-state index in [-0.39, 0.29) is 0 Å². The topological polar surface area (TPSA) is 0 Å². The monoisotopic (exact) mass is 160 g/mol. The van der Waals surface area contributed by atoms with Gasteiger partial charge in [0.2, 0.25) is 0 Å². The molecule has 0 aromatic rings. The van der Waals surface area contributed by atoms with Crippen molar-refractivity contribution in [3.63, 3.8) is 0 Å². The molecule has 0 atom stereocenters. The van der Waals surface area contributed by atoms with Gasteiger partial charge >= 0.3 is 0 Å².